The summed E-state index contributed by atoms with van der Waals surface area (Å²) in [5, 5.41) is 5.86. The molecular formula is C22H28N4O3S. The van der Waals surface area contributed by atoms with Gasteiger partial charge >= 0.3 is 0 Å². The van der Waals surface area contributed by atoms with E-state index >= 15 is 0 Å². The molecule has 0 unspecified atom stereocenters. The number of H-pyrrole nitrogens is 1. The van der Waals surface area contributed by atoms with E-state index in [2.05, 4.69) is 34.6 Å². The molecule has 5 rings (SSSR count). The number of hydrogen-bond acceptors (Lipinski definition) is 6. The van der Waals surface area contributed by atoms with Crippen molar-refractivity contribution >= 4 is 39.3 Å². The molecule has 8 heteroatoms. The molecule has 160 valence electrons. The van der Waals surface area contributed by atoms with Gasteiger partial charge in [0.1, 0.15) is 5.04 Å². The van der Waals surface area contributed by atoms with E-state index in [1.54, 1.807) is 11.8 Å². The third-order valence-electron chi connectivity index (χ3n) is 5.95. The van der Waals surface area contributed by atoms with Crippen LogP contribution in [-0.2, 0) is 14.3 Å². The van der Waals surface area contributed by atoms with Gasteiger partial charge in [-0.2, -0.15) is 0 Å². The van der Waals surface area contributed by atoms with Gasteiger partial charge < -0.3 is 24.7 Å². The molecule has 2 N–H and O–H groups in total. The van der Waals surface area contributed by atoms with Gasteiger partial charge in [0.25, 0.3) is 0 Å². The Kier molecular flexibility index (Phi) is 5.97. The Hall–Kier alpha value is -2.03. The van der Waals surface area contributed by atoms with Crippen LogP contribution in [0.25, 0.3) is 10.9 Å². The number of nitrogens with one attached hydrogen (secondary N) is 2. The minimum absolute atomic E-state index is 0.0478. The van der Waals surface area contributed by atoms with Crippen LogP contribution in [-0.4, -0.2) is 78.2 Å². The van der Waals surface area contributed by atoms with Gasteiger partial charge in [0.2, 0.25) is 5.91 Å². The van der Waals surface area contributed by atoms with E-state index in [9.17, 15) is 4.79 Å². The lowest BCUT2D eigenvalue weighted by atomic mass is 10.1. The zero-order valence-corrected chi connectivity index (χ0v) is 17.9. The zero-order chi connectivity index (χ0) is 20.3. The van der Waals surface area contributed by atoms with Crippen molar-refractivity contribution in [2.24, 2.45) is 4.99 Å². The number of ether oxygens (including phenoxy) is 2. The molecule has 0 saturated carbocycles. The summed E-state index contributed by atoms with van der Waals surface area (Å²) in [4.78, 5) is 22.9. The fraction of sp³-hybridized carbons (Fsp3) is 0.545. The number of aromatic amines is 1. The molecule has 4 heterocycles. The number of fused-ring (bicyclic) bond motifs is 1. The van der Waals surface area contributed by atoms with Gasteiger partial charge in [-0.3, -0.25) is 9.79 Å². The first-order valence-electron chi connectivity index (χ1n) is 10.8. The fourth-order valence-corrected chi connectivity index (χ4v) is 5.30. The highest BCUT2D eigenvalue weighted by Crippen LogP contribution is 2.30. The molecule has 0 radical (unpaired) electrons. The number of hydrogen-bond donors (Lipinski definition) is 2. The predicted molar refractivity (Wildman–Crippen MR) is 121 cm³/mol. The van der Waals surface area contributed by atoms with Crippen LogP contribution in [0.2, 0.25) is 0 Å². The number of para-hydroxylation sites is 1. The van der Waals surface area contributed by atoms with Crippen LogP contribution in [0.5, 0.6) is 0 Å². The van der Waals surface area contributed by atoms with Crippen LogP contribution in [0.15, 0.2) is 29.3 Å². The molecule has 0 aliphatic carbocycles. The van der Waals surface area contributed by atoms with E-state index in [4.69, 9.17) is 14.5 Å². The van der Waals surface area contributed by atoms with Crippen LogP contribution in [0.3, 0.4) is 0 Å². The number of morpholine rings is 1. The van der Waals surface area contributed by atoms with Crippen LogP contribution in [0.4, 0.5) is 5.69 Å². The molecule has 7 nitrogen and oxygen atoms in total. The normalized spacial score (nSPS) is 23.0. The van der Waals surface area contributed by atoms with Crippen LogP contribution < -0.4 is 5.32 Å². The standard InChI is InChI=1S/C22H28N4O3S/c27-20(26-6-10-29-11-7-26)13-17-14-30-22(24-17)19-12-15-2-1-3-18(21(15)25-19)23-16-4-8-28-9-5-16/h1-3,12,16-17,23,25H,4-11,13-14H2/t17-/m1/s1. The zero-order valence-electron chi connectivity index (χ0n) is 17.1. The number of carbonyl (C=O) groups is 1. The largest absolute Gasteiger partial charge is 0.381 e. The summed E-state index contributed by atoms with van der Waals surface area (Å²) in [6.45, 7) is 4.31. The fourth-order valence-electron chi connectivity index (χ4n) is 4.26. The molecular weight excluding hydrogens is 400 g/mol. The highest BCUT2D eigenvalue weighted by molar-refractivity contribution is 8.14. The maximum atomic E-state index is 12.5. The van der Waals surface area contributed by atoms with E-state index in [1.165, 1.54) is 5.39 Å². The van der Waals surface area contributed by atoms with Crippen molar-refractivity contribution in [2.45, 2.75) is 31.3 Å². The van der Waals surface area contributed by atoms with Gasteiger partial charge in [0, 0.05) is 43.5 Å². The molecule has 1 atom stereocenters. The SMILES string of the molecule is O=C(C[C@@H]1CSC(c2cc3cccc(NC4CCOCC4)c3[nH]2)=N1)N1CCOCC1. The highest BCUT2D eigenvalue weighted by Gasteiger charge is 2.26. The Bertz CT molecular complexity index is 932. The van der Waals surface area contributed by atoms with Crippen molar-refractivity contribution in [3.8, 4) is 0 Å². The van der Waals surface area contributed by atoms with Crippen molar-refractivity contribution in [3.63, 3.8) is 0 Å². The van der Waals surface area contributed by atoms with Crippen LogP contribution >= 0.6 is 11.8 Å². The molecule has 2 aromatic rings. The summed E-state index contributed by atoms with van der Waals surface area (Å²) in [6, 6.07) is 9.02. The molecule has 3 aliphatic heterocycles. The van der Waals surface area contributed by atoms with Crippen molar-refractivity contribution in [1.29, 1.82) is 0 Å². The molecule has 2 saturated heterocycles. The molecule has 0 spiro atoms. The topological polar surface area (TPSA) is 78.9 Å². The maximum absolute atomic E-state index is 12.5. The van der Waals surface area contributed by atoms with Gasteiger partial charge in [0.05, 0.1) is 42.6 Å². The molecule has 2 fully saturated rings. The minimum Gasteiger partial charge on any atom is -0.381 e. The van der Waals surface area contributed by atoms with E-state index in [0.717, 1.165) is 53.7 Å². The van der Waals surface area contributed by atoms with E-state index < -0.39 is 0 Å². The lowest BCUT2D eigenvalue weighted by molar-refractivity contribution is -0.135. The number of rotatable bonds is 5. The number of carbonyl (C=O) groups excluding carboxylic acids is 1. The average Bonchev–Trinajstić information content (AvgIpc) is 3.42. The third kappa shape index (κ3) is 4.36. The summed E-state index contributed by atoms with van der Waals surface area (Å²) in [6.07, 6.45) is 2.55. The Balaban J connectivity index is 1.29. The first-order valence-corrected chi connectivity index (χ1v) is 11.8. The van der Waals surface area contributed by atoms with E-state index in [-0.39, 0.29) is 11.9 Å². The van der Waals surface area contributed by atoms with Gasteiger partial charge in [-0.1, -0.05) is 12.1 Å². The Morgan fingerprint density at radius 3 is 2.83 bits per heavy atom. The maximum Gasteiger partial charge on any atom is 0.224 e. The van der Waals surface area contributed by atoms with Gasteiger partial charge in [-0.25, -0.2) is 0 Å². The molecule has 3 aliphatic rings. The van der Waals surface area contributed by atoms with E-state index in [0.29, 0.717) is 38.8 Å². The molecule has 1 aromatic heterocycles. The number of aromatic nitrogens is 1. The van der Waals surface area contributed by atoms with Crippen molar-refractivity contribution in [1.82, 2.24) is 9.88 Å². The monoisotopic (exact) mass is 428 g/mol. The molecule has 0 bridgehead atoms. The molecule has 1 amide bonds. The summed E-state index contributed by atoms with van der Waals surface area (Å²) in [5.74, 6) is 1.04. The van der Waals surface area contributed by atoms with Crippen molar-refractivity contribution in [3.05, 3.63) is 30.0 Å². The Labute approximate surface area is 180 Å². The smallest absolute Gasteiger partial charge is 0.224 e. The van der Waals surface area contributed by atoms with Gasteiger partial charge in [0.15, 0.2) is 0 Å². The highest BCUT2D eigenvalue weighted by atomic mass is 32.2. The first-order chi connectivity index (χ1) is 14.8. The lowest BCUT2D eigenvalue weighted by Crippen LogP contribution is -2.41. The van der Waals surface area contributed by atoms with Crippen molar-refractivity contribution in [2.75, 3.05) is 50.6 Å². The van der Waals surface area contributed by atoms with Gasteiger partial charge in [-0.15, -0.1) is 11.8 Å². The number of benzene rings is 1. The second-order valence-corrected chi connectivity index (χ2v) is 9.09. The van der Waals surface area contributed by atoms with Gasteiger partial charge in [-0.05, 0) is 25.0 Å². The summed E-state index contributed by atoms with van der Waals surface area (Å²) < 4.78 is 10.8. The van der Waals surface area contributed by atoms with E-state index in [1.807, 2.05) is 4.90 Å². The summed E-state index contributed by atoms with van der Waals surface area (Å²) in [7, 11) is 0. The summed E-state index contributed by atoms with van der Waals surface area (Å²) in [5.41, 5.74) is 3.29. The average molecular weight is 429 g/mol. The Morgan fingerprint density at radius 2 is 2.00 bits per heavy atom. The number of anilines is 1. The first kappa shape index (κ1) is 19.9. The number of amides is 1. The number of nitrogens with zero attached hydrogens (tertiary/aromatic N) is 2. The minimum atomic E-state index is 0.0478. The second-order valence-electron chi connectivity index (χ2n) is 8.08. The van der Waals surface area contributed by atoms with Crippen LogP contribution in [0.1, 0.15) is 25.0 Å². The summed E-state index contributed by atoms with van der Waals surface area (Å²) >= 11 is 1.74. The molecule has 30 heavy (non-hydrogen) atoms. The number of thioether (sulfide) groups is 1. The predicted octanol–water partition coefficient (Wildman–Crippen LogP) is 2.87. The third-order valence-corrected chi connectivity index (χ3v) is 7.10. The quantitative estimate of drug-likeness (QED) is 0.766. The Morgan fingerprint density at radius 1 is 1.20 bits per heavy atom. The molecule has 1 aromatic carbocycles. The lowest BCUT2D eigenvalue weighted by Gasteiger charge is -2.27. The van der Waals surface area contributed by atoms with Crippen LogP contribution in [0, 0.1) is 0 Å². The second kappa shape index (κ2) is 8.99. The number of aliphatic imine (C=N–C) groups is 1. The van der Waals surface area contributed by atoms with Crippen molar-refractivity contribution < 1.29 is 14.3 Å².